The number of aliphatic hydroxyl groups is 1. The van der Waals surface area contributed by atoms with Crippen molar-refractivity contribution in [2.24, 2.45) is 0 Å². The van der Waals surface area contributed by atoms with Gasteiger partial charge in [0.2, 0.25) is 0 Å². The monoisotopic (exact) mass is 448 g/mol. The zero-order valence-corrected chi connectivity index (χ0v) is 18.9. The maximum Gasteiger partial charge on any atom is 0.301 e. The van der Waals surface area contributed by atoms with E-state index in [2.05, 4.69) is 18.8 Å². The van der Waals surface area contributed by atoms with Gasteiger partial charge in [-0.3, -0.25) is 14.5 Å². The Bertz CT molecular complexity index is 1150. The number of nitrogens with zero attached hydrogens (tertiary/aromatic N) is 2. The van der Waals surface area contributed by atoms with Crippen LogP contribution in [0.3, 0.4) is 0 Å². The van der Waals surface area contributed by atoms with Gasteiger partial charge in [-0.15, -0.1) is 11.3 Å². The van der Waals surface area contributed by atoms with E-state index in [-0.39, 0.29) is 11.3 Å². The van der Waals surface area contributed by atoms with Crippen LogP contribution in [0.2, 0.25) is 0 Å². The number of hydrogen-bond acceptors (Lipinski definition) is 6. The second kappa shape index (κ2) is 8.96. The summed E-state index contributed by atoms with van der Waals surface area (Å²) in [5.41, 5.74) is 2.36. The number of anilines is 1. The number of thiazole rings is 1. The average Bonchev–Trinajstić information content (AvgIpc) is 3.41. The molecule has 1 N–H and O–H groups in total. The number of ether oxygens (including phenoxy) is 1. The molecule has 6 nitrogen and oxygen atoms in total. The predicted molar refractivity (Wildman–Crippen MR) is 125 cm³/mol. The first kappa shape index (κ1) is 21.8. The van der Waals surface area contributed by atoms with Gasteiger partial charge in [0.1, 0.15) is 11.5 Å². The fraction of sp³-hybridized carbons (Fsp3) is 0.240. The van der Waals surface area contributed by atoms with Gasteiger partial charge in [0.05, 0.1) is 18.2 Å². The van der Waals surface area contributed by atoms with Crippen LogP contribution in [0.1, 0.15) is 49.4 Å². The zero-order valence-electron chi connectivity index (χ0n) is 18.1. The maximum absolute atomic E-state index is 13.1. The van der Waals surface area contributed by atoms with E-state index in [1.54, 1.807) is 35.8 Å². The standard InChI is InChI=1S/C25H24N2O4S/c1-4-31-19-11-9-18(10-12-19)22(28)20-21(17-7-5-16(6-8-17)15(2)3)27(24(30)23(20)29)25-26-13-14-32-25/h5-15,21,28H,4H2,1-3H3/t21-/m0/s1. The van der Waals surface area contributed by atoms with Gasteiger partial charge < -0.3 is 9.84 Å². The molecule has 1 aromatic heterocycles. The molecular weight excluding hydrogens is 424 g/mol. The lowest BCUT2D eigenvalue weighted by Gasteiger charge is -2.23. The van der Waals surface area contributed by atoms with E-state index in [1.165, 1.54) is 16.2 Å². The average molecular weight is 449 g/mol. The quantitative estimate of drug-likeness (QED) is 0.315. The molecule has 1 aliphatic rings. The summed E-state index contributed by atoms with van der Waals surface area (Å²) in [6.45, 7) is 6.61. The van der Waals surface area contributed by atoms with Crippen LogP contribution in [0.4, 0.5) is 5.13 Å². The fourth-order valence-electron chi connectivity index (χ4n) is 3.77. The topological polar surface area (TPSA) is 79.7 Å². The van der Waals surface area contributed by atoms with Crippen LogP contribution in [-0.4, -0.2) is 28.4 Å². The number of aliphatic hydroxyl groups excluding tert-OH is 1. The highest BCUT2D eigenvalue weighted by atomic mass is 32.1. The molecule has 0 aliphatic carbocycles. The second-order valence-electron chi connectivity index (χ2n) is 7.76. The molecule has 3 aromatic rings. The Hall–Kier alpha value is -3.45. The summed E-state index contributed by atoms with van der Waals surface area (Å²) in [5.74, 6) is -0.648. The summed E-state index contributed by atoms with van der Waals surface area (Å²) in [4.78, 5) is 31.7. The Morgan fingerprint density at radius 3 is 2.38 bits per heavy atom. The Morgan fingerprint density at radius 1 is 1.12 bits per heavy atom. The second-order valence-corrected chi connectivity index (χ2v) is 8.64. The van der Waals surface area contributed by atoms with Crippen molar-refractivity contribution < 1.29 is 19.4 Å². The van der Waals surface area contributed by atoms with Crippen LogP contribution in [0.15, 0.2) is 65.7 Å². The van der Waals surface area contributed by atoms with E-state index in [4.69, 9.17) is 4.74 Å². The lowest BCUT2D eigenvalue weighted by atomic mass is 9.93. The van der Waals surface area contributed by atoms with Crippen molar-refractivity contribution in [1.82, 2.24) is 4.98 Å². The summed E-state index contributed by atoms with van der Waals surface area (Å²) < 4.78 is 5.46. The summed E-state index contributed by atoms with van der Waals surface area (Å²) in [6.07, 6.45) is 1.59. The Morgan fingerprint density at radius 2 is 1.81 bits per heavy atom. The molecule has 7 heteroatoms. The van der Waals surface area contributed by atoms with Crippen LogP contribution in [0.25, 0.3) is 5.76 Å². The third kappa shape index (κ3) is 3.91. The third-order valence-electron chi connectivity index (χ3n) is 5.43. The van der Waals surface area contributed by atoms with E-state index in [1.807, 2.05) is 31.2 Å². The zero-order chi connectivity index (χ0) is 22.8. The van der Waals surface area contributed by atoms with Gasteiger partial charge in [-0.05, 0) is 48.2 Å². The molecule has 0 radical (unpaired) electrons. The van der Waals surface area contributed by atoms with Gasteiger partial charge in [0.15, 0.2) is 5.13 Å². The molecule has 0 saturated carbocycles. The van der Waals surface area contributed by atoms with Crippen molar-refractivity contribution in [3.05, 3.63) is 82.4 Å². The van der Waals surface area contributed by atoms with Crippen molar-refractivity contribution >= 4 is 33.9 Å². The normalized spacial score (nSPS) is 17.9. The van der Waals surface area contributed by atoms with Gasteiger partial charge >= 0.3 is 5.91 Å². The molecule has 1 saturated heterocycles. The first-order valence-electron chi connectivity index (χ1n) is 10.5. The molecule has 0 bridgehead atoms. The minimum atomic E-state index is -0.770. The van der Waals surface area contributed by atoms with Crippen LogP contribution in [-0.2, 0) is 9.59 Å². The van der Waals surface area contributed by atoms with Gasteiger partial charge in [0, 0.05) is 17.1 Å². The van der Waals surface area contributed by atoms with Crippen molar-refractivity contribution in [1.29, 1.82) is 0 Å². The smallest absolute Gasteiger partial charge is 0.301 e. The van der Waals surface area contributed by atoms with Gasteiger partial charge in [-0.25, -0.2) is 4.98 Å². The molecular formula is C25H24N2O4S. The minimum Gasteiger partial charge on any atom is -0.507 e. The highest BCUT2D eigenvalue weighted by Crippen LogP contribution is 2.43. The highest BCUT2D eigenvalue weighted by Gasteiger charge is 2.47. The molecule has 2 heterocycles. The van der Waals surface area contributed by atoms with Crippen LogP contribution in [0.5, 0.6) is 5.75 Å². The molecule has 2 aromatic carbocycles. The maximum atomic E-state index is 13.1. The minimum absolute atomic E-state index is 0.0478. The van der Waals surface area contributed by atoms with E-state index in [0.29, 0.717) is 29.0 Å². The van der Waals surface area contributed by atoms with Gasteiger partial charge in [-0.2, -0.15) is 0 Å². The number of amides is 1. The summed E-state index contributed by atoms with van der Waals surface area (Å²) >= 11 is 1.27. The highest BCUT2D eigenvalue weighted by molar-refractivity contribution is 7.14. The van der Waals surface area contributed by atoms with Gasteiger partial charge in [-0.1, -0.05) is 38.1 Å². The van der Waals surface area contributed by atoms with E-state index in [0.717, 1.165) is 11.1 Å². The van der Waals surface area contributed by atoms with Crippen LogP contribution >= 0.6 is 11.3 Å². The number of ketones is 1. The molecule has 1 fully saturated rings. The van der Waals surface area contributed by atoms with Crippen molar-refractivity contribution in [2.45, 2.75) is 32.7 Å². The van der Waals surface area contributed by atoms with E-state index in [9.17, 15) is 14.7 Å². The Kier molecular flexibility index (Phi) is 6.10. The van der Waals surface area contributed by atoms with Gasteiger partial charge in [0.25, 0.3) is 5.78 Å². The molecule has 1 atom stereocenters. The van der Waals surface area contributed by atoms with Crippen molar-refractivity contribution in [3.63, 3.8) is 0 Å². The number of rotatable bonds is 6. The molecule has 4 rings (SSSR count). The lowest BCUT2D eigenvalue weighted by molar-refractivity contribution is -0.132. The molecule has 164 valence electrons. The number of hydrogen-bond donors (Lipinski definition) is 1. The lowest BCUT2D eigenvalue weighted by Crippen LogP contribution is -2.29. The van der Waals surface area contributed by atoms with Crippen LogP contribution < -0.4 is 9.64 Å². The van der Waals surface area contributed by atoms with E-state index >= 15 is 0 Å². The Balaban J connectivity index is 1.85. The van der Waals surface area contributed by atoms with E-state index < -0.39 is 17.7 Å². The first-order chi connectivity index (χ1) is 15.4. The number of carbonyl (C=O) groups excluding carboxylic acids is 2. The molecule has 0 spiro atoms. The number of Topliss-reactive ketones (excluding diaryl/α,β-unsaturated/α-hetero) is 1. The molecule has 1 amide bonds. The van der Waals surface area contributed by atoms with Crippen molar-refractivity contribution in [3.8, 4) is 5.75 Å². The Labute approximate surface area is 190 Å². The van der Waals surface area contributed by atoms with Crippen molar-refractivity contribution in [2.75, 3.05) is 11.5 Å². The summed E-state index contributed by atoms with van der Waals surface area (Å²) in [7, 11) is 0. The summed E-state index contributed by atoms with van der Waals surface area (Å²) in [5, 5.41) is 13.3. The largest absolute Gasteiger partial charge is 0.507 e. The number of aromatic nitrogens is 1. The summed E-state index contributed by atoms with van der Waals surface area (Å²) in [6, 6.07) is 13.8. The molecule has 0 unspecified atom stereocenters. The fourth-order valence-corrected chi connectivity index (χ4v) is 4.44. The first-order valence-corrected chi connectivity index (χ1v) is 11.3. The number of carbonyl (C=O) groups is 2. The predicted octanol–water partition coefficient (Wildman–Crippen LogP) is 5.29. The SMILES string of the molecule is CCOc1ccc(C(O)=C2C(=O)C(=O)N(c3nccs3)[C@H]2c2ccc(C(C)C)cc2)cc1. The molecule has 32 heavy (non-hydrogen) atoms. The number of benzene rings is 2. The third-order valence-corrected chi connectivity index (χ3v) is 6.20. The van der Waals surface area contributed by atoms with Crippen LogP contribution in [0, 0.1) is 0 Å². The molecule has 1 aliphatic heterocycles.